The molecule has 0 saturated carbocycles. The summed E-state index contributed by atoms with van der Waals surface area (Å²) in [4.78, 5) is 21.4. The van der Waals surface area contributed by atoms with E-state index in [2.05, 4.69) is 20.6 Å². The fourth-order valence-corrected chi connectivity index (χ4v) is 2.64. The van der Waals surface area contributed by atoms with E-state index in [1.54, 1.807) is 31.4 Å². The van der Waals surface area contributed by atoms with Crippen LogP contribution in [0.15, 0.2) is 54.6 Å². The van der Waals surface area contributed by atoms with Crippen molar-refractivity contribution >= 4 is 17.5 Å². The van der Waals surface area contributed by atoms with E-state index in [0.29, 0.717) is 35.4 Å². The standard InChI is InChI=1S/C21H22N4O3/c1-14-11-18(25-21(23-14)22-13-15-7-5-4-6-8-15)20(26)24-17-12-16(27-2)9-10-19(17)28-3/h4-12H,13H2,1-3H3,(H,24,26)(H,22,23,25). The van der Waals surface area contributed by atoms with Crippen LogP contribution in [0.5, 0.6) is 11.5 Å². The second kappa shape index (κ2) is 8.85. The molecule has 0 bridgehead atoms. The van der Waals surface area contributed by atoms with E-state index in [0.717, 1.165) is 5.56 Å². The zero-order valence-corrected chi connectivity index (χ0v) is 16.0. The summed E-state index contributed by atoms with van der Waals surface area (Å²) in [6, 6.07) is 16.7. The highest BCUT2D eigenvalue weighted by Crippen LogP contribution is 2.29. The van der Waals surface area contributed by atoms with Gasteiger partial charge in [0.2, 0.25) is 5.95 Å². The highest BCUT2D eigenvalue weighted by Gasteiger charge is 2.14. The van der Waals surface area contributed by atoms with Gasteiger partial charge in [-0.2, -0.15) is 0 Å². The average Bonchev–Trinajstić information content (AvgIpc) is 2.72. The maximum Gasteiger partial charge on any atom is 0.274 e. The van der Waals surface area contributed by atoms with Crippen molar-refractivity contribution in [2.75, 3.05) is 24.9 Å². The van der Waals surface area contributed by atoms with E-state index in [9.17, 15) is 4.79 Å². The summed E-state index contributed by atoms with van der Waals surface area (Å²) in [5, 5.41) is 5.97. The van der Waals surface area contributed by atoms with Gasteiger partial charge in [-0.1, -0.05) is 30.3 Å². The van der Waals surface area contributed by atoms with Gasteiger partial charge < -0.3 is 20.1 Å². The van der Waals surface area contributed by atoms with Crippen molar-refractivity contribution in [3.8, 4) is 11.5 Å². The number of carbonyl (C=O) groups is 1. The van der Waals surface area contributed by atoms with Crippen molar-refractivity contribution in [1.29, 1.82) is 0 Å². The smallest absolute Gasteiger partial charge is 0.274 e. The molecule has 3 rings (SSSR count). The molecule has 0 saturated heterocycles. The van der Waals surface area contributed by atoms with E-state index >= 15 is 0 Å². The van der Waals surface area contributed by atoms with Crippen molar-refractivity contribution in [2.45, 2.75) is 13.5 Å². The lowest BCUT2D eigenvalue weighted by Gasteiger charge is -2.12. The molecule has 7 heteroatoms. The van der Waals surface area contributed by atoms with Gasteiger partial charge in [-0.15, -0.1) is 0 Å². The Hall–Kier alpha value is -3.61. The van der Waals surface area contributed by atoms with Gasteiger partial charge in [0, 0.05) is 18.3 Å². The normalized spacial score (nSPS) is 10.2. The molecule has 144 valence electrons. The average molecular weight is 378 g/mol. The number of aromatic nitrogens is 2. The molecule has 0 aliphatic heterocycles. The van der Waals surface area contributed by atoms with Crippen molar-refractivity contribution < 1.29 is 14.3 Å². The Bertz CT molecular complexity index is 961. The third-order valence-electron chi connectivity index (χ3n) is 4.04. The number of nitrogens with zero attached hydrogens (tertiary/aromatic N) is 2. The van der Waals surface area contributed by atoms with Crippen molar-refractivity contribution in [3.05, 3.63) is 71.5 Å². The number of hydrogen-bond donors (Lipinski definition) is 2. The molecule has 2 aromatic carbocycles. The SMILES string of the molecule is COc1ccc(OC)c(NC(=O)c2cc(C)nc(NCc3ccccc3)n2)c1. The molecule has 0 aliphatic carbocycles. The van der Waals surface area contributed by atoms with Gasteiger partial charge in [0.25, 0.3) is 5.91 Å². The number of ether oxygens (including phenoxy) is 2. The molecule has 3 aromatic rings. The lowest BCUT2D eigenvalue weighted by molar-refractivity contribution is 0.102. The fourth-order valence-electron chi connectivity index (χ4n) is 2.64. The zero-order valence-electron chi connectivity index (χ0n) is 16.0. The lowest BCUT2D eigenvalue weighted by Crippen LogP contribution is -2.16. The predicted molar refractivity (Wildman–Crippen MR) is 108 cm³/mol. The minimum atomic E-state index is -0.361. The molecule has 0 fully saturated rings. The first kappa shape index (κ1) is 19.2. The van der Waals surface area contributed by atoms with Crippen LogP contribution in [0.4, 0.5) is 11.6 Å². The Morgan fingerprint density at radius 3 is 2.50 bits per heavy atom. The molecule has 0 atom stereocenters. The van der Waals surface area contributed by atoms with E-state index in [-0.39, 0.29) is 11.6 Å². The highest BCUT2D eigenvalue weighted by atomic mass is 16.5. The van der Waals surface area contributed by atoms with Gasteiger partial charge >= 0.3 is 0 Å². The van der Waals surface area contributed by atoms with Crippen LogP contribution in [0.2, 0.25) is 0 Å². The molecule has 0 spiro atoms. The predicted octanol–water partition coefficient (Wildman–Crippen LogP) is 3.67. The molecule has 1 amide bonds. The highest BCUT2D eigenvalue weighted by molar-refractivity contribution is 6.04. The quantitative estimate of drug-likeness (QED) is 0.653. The second-order valence-electron chi connectivity index (χ2n) is 6.08. The molecule has 2 N–H and O–H groups in total. The Morgan fingerprint density at radius 2 is 1.79 bits per heavy atom. The van der Waals surface area contributed by atoms with E-state index in [1.807, 2.05) is 37.3 Å². The lowest BCUT2D eigenvalue weighted by atomic mass is 10.2. The van der Waals surface area contributed by atoms with Gasteiger partial charge in [0.1, 0.15) is 17.2 Å². The van der Waals surface area contributed by atoms with Crippen LogP contribution in [-0.4, -0.2) is 30.1 Å². The molecule has 0 radical (unpaired) electrons. The third kappa shape index (κ3) is 4.76. The Balaban J connectivity index is 1.77. The molecule has 7 nitrogen and oxygen atoms in total. The first-order chi connectivity index (χ1) is 13.6. The Labute approximate surface area is 163 Å². The van der Waals surface area contributed by atoms with Gasteiger partial charge in [0.15, 0.2) is 0 Å². The third-order valence-corrected chi connectivity index (χ3v) is 4.04. The van der Waals surface area contributed by atoms with Crippen molar-refractivity contribution in [3.63, 3.8) is 0 Å². The maximum absolute atomic E-state index is 12.7. The molecular weight excluding hydrogens is 356 g/mol. The van der Waals surface area contributed by atoms with E-state index in [1.165, 1.54) is 7.11 Å². The molecule has 0 aliphatic rings. The molecule has 0 unspecified atom stereocenters. The zero-order chi connectivity index (χ0) is 19.9. The summed E-state index contributed by atoms with van der Waals surface area (Å²) in [5.41, 5.74) is 2.54. The summed E-state index contributed by atoms with van der Waals surface area (Å²) < 4.78 is 10.5. The maximum atomic E-state index is 12.7. The topological polar surface area (TPSA) is 85.4 Å². The first-order valence-electron chi connectivity index (χ1n) is 8.76. The Morgan fingerprint density at radius 1 is 1.00 bits per heavy atom. The number of nitrogens with one attached hydrogen (secondary N) is 2. The summed E-state index contributed by atoms with van der Waals surface area (Å²) in [5.74, 6) is 1.17. The molecule has 28 heavy (non-hydrogen) atoms. The van der Waals surface area contributed by atoms with Crippen LogP contribution in [-0.2, 0) is 6.54 Å². The number of amides is 1. The van der Waals surface area contributed by atoms with Crippen LogP contribution in [0.3, 0.4) is 0 Å². The van der Waals surface area contributed by atoms with Crippen LogP contribution in [0.25, 0.3) is 0 Å². The van der Waals surface area contributed by atoms with E-state index in [4.69, 9.17) is 9.47 Å². The van der Waals surface area contributed by atoms with Gasteiger partial charge in [0.05, 0.1) is 19.9 Å². The minimum absolute atomic E-state index is 0.257. The summed E-state index contributed by atoms with van der Waals surface area (Å²) >= 11 is 0. The van der Waals surface area contributed by atoms with Gasteiger partial charge in [-0.05, 0) is 30.7 Å². The number of benzene rings is 2. The number of aryl methyl sites for hydroxylation is 1. The number of rotatable bonds is 7. The minimum Gasteiger partial charge on any atom is -0.497 e. The van der Waals surface area contributed by atoms with Crippen LogP contribution in [0.1, 0.15) is 21.7 Å². The van der Waals surface area contributed by atoms with Crippen LogP contribution < -0.4 is 20.1 Å². The molecular formula is C21H22N4O3. The largest absolute Gasteiger partial charge is 0.497 e. The molecule has 1 aromatic heterocycles. The number of hydrogen-bond acceptors (Lipinski definition) is 6. The van der Waals surface area contributed by atoms with Crippen LogP contribution >= 0.6 is 0 Å². The summed E-state index contributed by atoms with van der Waals surface area (Å²) in [6.07, 6.45) is 0. The number of anilines is 2. The number of methoxy groups -OCH3 is 2. The molecule has 1 heterocycles. The summed E-state index contributed by atoms with van der Waals surface area (Å²) in [7, 11) is 3.10. The van der Waals surface area contributed by atoms with Gasteiger partial charge in [-0.3, -0.25) is 4.79 Å². The first-order valence-corrected chi connectivity index (χ1v) is 8.76. The second-order valence-corrected chi connectivity index (χ2v) is 6.08. The van der Waals surface area contributed by atoms with Crippen molar-refractivity contribution in [2.24, 2.45) is 0 Å². The Kier molecular flexibility index (Phi) is 6.06. The monoisotopic (exact) mass is 378 g/mol. The number of carbonyl (C=O) groups excluding carboxylic acids is 1. The van der Waals surface area contributed by atoms with Crippen LogP contribution in [0, 0.1) is 6.92 Å². The van der Waals surface area contributed by atoms with Crippen molar-refractivity contribution in [1.82, 2.24) is 9.97 Å². The van der Waals surface area contributed by atoms with E-state index < -0.39 is 0 Å². The van der Waals surface area contributed by atoms with Gasteiger partial charge in [-0.25, -0.2) is 9.97 Å². The fraction of sp³-hybridized carbons (Fsp3) is 0.190. The summed E-state index contributed by atoms with van der Waals surface area (Å²) in [6.45, 7) is 2.38.